The van der Waals surface area contributed by atoms with Crippen molar-refractivity contribution in [2.24, 2.45) is 11.3 Å². The highest BCUT2D eigenvalue weighted by atomic mass is 16.3. The summed E-state index contributed by atoms with van der Waals surface area (Å²) in [6, 6.07) is 8.71. The molecule has 106 valence electrons. The van der Waals surface area contributed by atoms with Crippen LogP contribution in [0.5, 0.6) is 0 Å². The summed E-state index contributed by atoms with van der Waals surface area (Å²) in [5, 5.41) is 12.9. The van der Waals surface area contributed by atoms with Crippen molar-refractivity contribution < 1.29 is 5.11 Å². The zero-order chi connectivity index (χ0) is 13.9. The Morgan fingerprint density at radius 3 is 2.63 bits per heavy atom. The molecule has 0 heterocycles. The van der Waals surface area contributed by atoms with E-state index in [4.69, 9.17) is 0 Å². The molecule has 1 aliphatic carbocycles. The monoisotopic (exact) mass is 261 g/mol. The molecule has 0 saturated heterocycles. The van der Waals surface area contributed by atoms with Crippen LogP contribution in [0.4, 0.5) is 5.69 Å². The fourth-order valence-corrected chi connectivity index (χ4v) is 3.31. The number of benzene rings is 1. The van der Waals surface area contributed by atoms with E-state index in [9.17, 15) is 5.11 Å². The first kappa shape index (κ1) is 14.4. The van der Waals surface area contributed by atoms with Gasteiger partial charge >= 0.3 is 0 Å². The third-order valence-corrected chi connectivity index (χ3v) is 4.34. The molecule has 0 amide bonds. The van der Waals surface area contributed by atoms with Crippen molar-refractivity contribution in [3.63, 3.8) is 0 Å². The van der Waals surface area contributed by atoms with Crippen LogP contribution in [0.25, 0.3) is 0 Å². The lowest BCUT2D eigenvalue weighted by molar-refractivity contribution is 0.163. The number of aliphatic hydroxyl groups is 1. The molecule has 2 unspecified atom stereocenters. The molecule has 2 atom stereocenters. The highest BCUT2D eigenvalue weighted by molar-refractivity contribution is 5.46. The van der Waals surface area contributed by atoms with Gasteiger partial charge in [-0.2, -0.15) is 0 Å². The Hall–Kier alpha value is -1.02. The summed E-state index contributed by atoms with van der Waals surface area (Å²) in [5.74, 6) is 0.721. The third-order valence-electron chi connectivity index (χ3n) is 4.34. The summed E-state index contributed by atoms with van der Waals surface area (Å²) < 4.78 is 0. The lowest BCUT2D eigenvalue weighted by atomic mass is 9.69. The second-order valence-electron chi connectivity index (χ2n) is 6.87. The first-order chi connectivity index (χ1) is 9.00. The van der Waals surface area contributed by atoms with Gasteiger partial charge in [0, 0.05) is 11.7 Å². The molecule has 1 saturated carbocycles. The summed E-state index contributed by atoms with van der Waals surface area (Å²) in [4.78, 5) is 0. The van der Waals surface area contributed by atoms with Crippen LogP contribution in [0.2, 0.25) is 0 Å². The largest absolute Gasteiger partial charge is 0.392 e. The van der Waals surface area contributed by atoms with E-state index in [1.807, 2.05) is 12.1 Å². The molecule has 19 heavy (non-hydrogen) atoms. The zero-order valence-electron chi connectivity index (χ0n) is 12.4. The van der Waals surface area contributed by atoms with Crippen LogP contribution in [0.15, 0.2) is 24.3 Å². The van der Waals surface area contributed by atoms with Crippen LogP contribution in [0, 0.1) is 11.3 Å². The molecule has 0 radical (unpaired) electrons. The fraction of sp³-hybridized carbons (Fsp3) is 0.647. The molecule has 1 aromatic carbocycles. The quantitative estimate of drug-likeness (QED) is 0.855. The highest BCUT2D eigenvalue weighted by Gasteiger charge is 2.33. The third kappa shape index (κ3) is 3.73. The van der Waals surface area contributed by atoms with Crippen molar-refractivity contribution in [3.05, 3.63) is 29.8 Å². The molecule has 2 heteroatoms. The summed E-state index contributed by atoms with van der Waals surface area (Å²) in [5.41, 5.74) is 2.48. The Balaban J connectivity index is 2.10. The fourth-order valence-electron chi connectivity index (χ4n) is 3.31. The molecule has 1 aromatic rings. The number of nitrogens with one attached hydrogen (secondary N) is 1. The van der Waals surface area contributed by atoms with E-state index in [-0.39, 0.29) is 6.61 Å². The first-order valence-corrected chi connectivity index (χ1v) is 7.47. The van der Waals surface area contributed by atoms with E-state index in [0.717, 1.165) is 17.2 Å². The minimum atomic E-state index is 0.114. The second kappa shape index (κ2) is 5.96. The van der Waals surface area contributed by atoms with E-state index in [1.54, 1.807) is 0 Å². The summed E-state index contributed by atoms with van der Waals surface area (Å²) in [6.45, 7) is 7.16. The molecular weight excluding hydrogens is 234 g/mol. The lowest BCUT2D eigenvalue weighted by Gasteiger charge is -2.41. The Labute approximate surface area is 117 Å². The molecular formula is C17H27NO. The van der Waals surface area contributed by atoms with Crippen LogP contribution < -0.4 is 5.32 Å². The van der Waals surface area contributed by atoms with Crippen molar-refractivity contribution in [3.8, 4) is 0 Å². The Bertz CT molecular complexity index is 408. The van der Waals surface area contributed by atoms with Crippen LogP contribution in [0.1, 0.15) is 52.0 Å². The molecule has 1 aliphatic rings. The molecule has 0 spiro atoms. The van der Waals surface area contributed by atoms with E-state index in [2.05, 4.69) is 38.2 Å². The Morgan fingerprint density at radius 1 is 1.21 bits per heavy atom. The molecule has 0 bridgehead atoms. The predicted octanol–water partition coefficient (Wildman–Crippen LogP) is 4.20. The topological polar surface area (TPSA) is 32.3 Å². The van der Waals surface area contributed by atoms with Gasteiger partial charge in [-0.1, -0.05) is 45.7 Å². The standard InChI is InChI=1S/C17H27NO/c1-17(2,3)15-9-4-5-10-16(15)18-14-8-6-7-13(11-14)12-19/h6-8,11,15-16,18-19H,4-5,9-10,12H2,1-3H3. The minimum absolute atomic E-state index is 0.114. The van der Waals surface area contributed by atoms with Crippen molar-refractivity contribution in [2.75, 3.05) is 5.32 Å². The first-order valence-electron chi connectivity index (χ1n) is 7.47. The van der Waals surface area contributed by atoms with E-state index >= 15 is 0 Å². The van der Waals surface area contributed by atoms with Gasteiger partial charge in [0.2, 0.25) is 0 Å². The molecule has 2 rings (SSSR count). The summed E-state index contributed by atoms with van der Waals surface area (Å²) in [7, 11) is 0. The number of hydrogen-bond donors (Lipinski definition) is 2. The van der Waals surface area contributed by atoms with Gasteiger partial charge in [-0.15, -0.1) is 0 Å². The second-order valence-corrected chi connectivity index (χ2v) is 6.87. The molecule has 0 aromatic heterocycles. The van der Waals surface area contributed by atoms with E-state index in [0.29, 0.717) is 11.5 Å². The number of hydrogen-bond acceptors (Lipinski definition) is 2. The normalized spacial score (nSPS) is 24.2. The maximum atomic E-state index is 9.22. The zero-order valence-corrected chi connectivity index (χ0v) is 12.4. The van der Waals surface area contributed by atoms with Crippen molar-refractivity contribution in [2.45, 2.75) is 59.1 Å². The highest BCUT2D eigenvalue weighted by Crippen LogP contribution is 2.39. The van der Waals surface area contributed by atoms with E-state index in [1.165, 1.54) is 25.7 Å². The minimum Gasteiger partial charge on any atom is -0.392 e. The van der Waals surface area contributed by atoms with Gasteiger partial charge in [0.05, 0.1) is 6.61 Å². The molecule has 2 nitrogen and oxygen atoms in total. The SMILES string of the molecule is CC(C)(C)C1CCCCC1Nc1cccc(CO)c1. The number of aliphatic hydroxyl groups excluding tert-OH is 1. The van der Waals surface area contributed by atoms with Gasteiger partial charge in [-0.3, -0.25) is 0 Å². The van der Waals surface area contributed by atoms with Crippen molar-refractivity contribution in [1.29, 1.82) is 0 Å². The van der Waals surface area contributed by atoms with Gasteiger partial charge in [0.25, 0.3) is 0 Å². The average Bonchev–Trinajstić information content (AvgIpc) is 2.38. The predicted molar refractivity (Wildman–Crippen MR) is 81.2 cm³/mol. The maximum absolute atomic E-state index is 9.22. The van der Waals surface area contributed by atoms with Crippen molar-refractivity contribution >= 4 is 5.69 Å². The van der Waals surface area contributed by atoms with Crippen LogP contribution in [-0.4, -0.2) is 11.1 Å². The van der Waals surface area contributed by atoms with Gasteiger partial charge < -0.3 is 10.4 Å². The number of rotatable bonds is 3. The summed E-state index contributed by atoms with van der Waals surface area (Å²) >= 11 is 0. The summed E-state index contributed by atoms with van der Waals surface area (Å²) in [6.07, 6.45) is 5.26. The van der Waals surface area contributed by atoms with Crippen molar-refractivity contribution in [1.82, 2.24) is 0 Å². The average molecular weight is 261 g/mol. The van der Waals surface area contributed by atoms with E-state index < -0.39 is 0 Å². The molecule has 2 N–H and O–H groups in total. The van der Waals surface area contributed by atoms with Gasteiger partial charge in [0.1, 0.15) is 0 Å². The smallest absolute Gasteiger partial charge is 0.0682 e. The Kier molecular flexibility index (Phi) is 4.51. The van der Waals surface area contributed by atoms with Gasteiger partial charge in [-0.25, -0.2) is 0 Å². The number of anilines is 1. The molecule has 0 aliphatic heterocycles. The van der Waals surface area contributed by atoms with Gasteiger partial charge in [-0.05, 0) is 41.9 Å². The molecule has 1 fully saturated rings. The van der Waals surface area contributed by atoms with Crippen LogP contribution in [-0.2, 0) is 6.61 Å². The van der Waals surface area contributed by atoms with Crippen LogP contribution >= 0.6 is 0 Å². The lowest BCUT2D eigenvalue weighted by Crippen LogP contribution is -2.39. The Morgan fingerprint density at radius 2 is 1.95 bits per heavy atom. The van der Waals surface area contributed by atoms with Gasteiger partial charge in [0.15, 0.2) is 0 Å². The maximum Gasteiger partial charge on any atom is 0.0682 e. The van der Waals surface area contributed by atoms with Crippen LogP contribution in [0.3, 0.4) is 0 Å².